The number of rotatable bonds is 3. The molecule has 0 aliphatic carbocycles. The SMILES string of the molecule is CCOC(=O)C1=C(S(=O)(=O)Cl)COCC1. The van der Waals surface area contributed by atoms with Gasteiger partial charge in [0.05, 0.1) is 30.3 Å². The van der Waals surface area contributed by atoms with Crippen molar-refractivity contribution < 1.29 is 22.7 Å². The molecule has 0 spiro atoms. The lowest BCUT2D eigenvalue weighted by atomic mass is 10.1. The van der Waals surface area contributed by atoms with Crippen LogP contribution in [0.1, 0.15) is 13.3 Å². The molecule has 0 saturated carbocycles. The molecule has 86 valence electrons. The minimum absolute atomic E-state index is 0.0955. The smallest absolute Gasteiger partial charge is 0.335 e. The zero-order chi connectivity index (χ0) is 11.5. The van der Waals surface area contributed by atoms with Crippen LogP contribution in [0.5, 0.6) is 0 Å². The van der Waals surface area contributed by atoms with E-state index >= 15 is 0 Å². The molecular formula is C8H11ClO5S. The molecule has 0 N–H and O–H groups in total. The molecule has 7 heteroatoms. The summed E-state index contributed by atoms with van der Waals surface area (Å²) in [5, 5.41) is 0. The molecule has 0 aromatic heterocycles. The van der Waals surface area contributed by atoms with Gasteiger partial charge in [0.25, 0.3) is 9.05 Å². The molecule has 0 aromatic rings. The average molecular weight is 255 g/mol. The summed E-state index contributed by atoms with van der Waals surface area (Å²) in [6.45, 7) is 1.97. The van der Waals surface area contributed by atoms with E-state index in [0.717, 1.165) is 0 Å². The van der Waals surface area contributed by atoms with Crippen LogP contribution in [0.2, 0.25) is 0 Å². The molecule has 0 saturated heterocycles. The topological polar surface area (TPSA) is 69.7 Å². The summed E-state index contributed by atoms with van der Waals surface area (Å²) in [5.74, 6) is -0.639. The van der Waals surface area contributed by atoms with Crippen LogP contribution in [0.4, 0.5) is 0 Å². The number of halogens is 1. The Morgan fingerprint density at radius 1 is 1.60 bits per heavy atom. The third-order valence-electron chi connectivity index (χ3n) is 1.88. The summed E-state index contributed by atoms with van der Waals surface area (Å²) in [4.78, 5) is 11.2. The maximum atomic E-state index is 11.4. The predicted molar refractivity (Wildman–Crippen MR) is 53.9 cm³/mol. The van der Waals surface area contributed by atoms with E-state index in [4.69, 9.17) is 20.2 Å². The Balaban J connectivity index is 3.07. The fourth-order valence-electron chi connectivity index (χ4n) is 1.22. The zero-order valence-electron chi connectivity index (χ0n) is 8.16. The van der Waals surface area contributed by atoms with Crippen molar-refractivity contribution in [1.82, 2.24) is 0 Å². The summed E-state index contributed by atoms with van der Waals surface area (Å²) >= 11 is 0. The van der Waals surface area contributed by atoms with E-state index in [-0.39, 0.29) is 30.1 Å². The van der Waals surface area contributed by atoms with E-state index < -0.39 is 15.0 Å². The van der Waals surface area contributed by atoms with Gasteiger partial charge in [-0.25, -0.2) is 13.2 Å². The fraction of sp³-hybridized carbons (Fsp3) is 0.625. The molecule has 5 nitrogen and oxygen atoms in total. The Labute approximate surface area is 92.4 Å². The van der Waals surface area contributed by atoms with Gasteiger partial charge in [-0.2, -0.15) is 0 Å². The number of esters is 1. The van der Waals surface area contributed by atoms with Gasteiger partial charge in [0.2, 0.25) is 0 Å². The second-order valence-corrected chi connectivity index (χ2v) is 5.45. The Morgan fingerprint density at radius 3 is 2.80 bits per heavy atom. The van der Waals surface area contributed by atoms with Crippen molar-refractivity contribution >= 4 is 25.7 Å². The Morgan fingerprint density at radius 2 is 2.27 bits per heavy atom. The first-order valence-electron chi connectivity index (χ1n) is 4.38. The van der Waals surface area contributed by atoms with Gasteiger partial charge in [-0.15, -0.1) is 0 Å². The largest absolute Gasteiger partial charge is 0.463 e. The van der Waals surface area contributed by atoms with Crippen molar-refractivity contribution in [2.45, 2.75) is 13.3 Å². The molecule has 0 atom stereocenters. The van der Waals surface area contributed by atoms with Crippen molar-refractivity contribution in [2.75, 3.05) is 19.8 Å². The van der Waals surface area contributed by atoms with E-state index in [9.17, 15) is 13.2 Å². The third kappa shape index (κ3) is 3.19. The summed E-state index contributed by atoms with van der Waals surface area (Å²) < 4.78 is 31.9. The highest BCUT2D eigenvalue weighted by Crippen LogP contribution is 2.24. The summed E-state index contributed by atoms with van der Waals surface area (Å²) in [6.07, 6.45) is 0.208. The Kier molecular flexibility index (Phi) is 4.12. The van der Waals surface area contributed by atoms with Crippen molar-refractivity contribution in [1.29, 1.82) is 0 Å². The maximum absolute atomic E-state index is 11.4. The lowest BCUT2D eigenvalue weighted by Gasteiger charge is -2.17. The molecule has 1 aliphatic heterocycles. The molecule has 0 bridgehead atoms. The van der Waals surface area contributed by atoms with Gasteiger partial charge >= 0.3 is 5.97 Å². The van der Waals surface area contributed by atoms with Crippen molar-refractivity contribution in [3.8, 4) is 0 Å². The standard InChI is InChI=1S/C8H11ClO5S/c1-2-14-8(10)6-3-4-13-5-7(6)15(9,11)12/h2-5H2,1H3. The van der Waals surface area contributed by atoms with Gasteiger partial charge in [-0.1, -0.05) is 0 Å². The van der Waals surface area contributed by atoms with Crippen molar-refractivity contribution in [3.63, 3.8) is 0 Å². The molecule has 0 radical (unpaired) electrons. The lowest BCUT2D eigenvalue weighted by Crippen LogP contribution is -2.21. The first kappa shape index (κ1) is 12.5. The van der Waals surface area contributed by atoms with Crippen molar-refractivity contribution in [3.05, 3.63) is 10.5 Å². The number of hydrogen-bond donors (Lipinski definition) is 0. The normalized spacial score (nSPS) is 17.7. The molecule has 0 aromatic carbocycles. The summed E-state index contributed by atoms with van der Waals surface area (Å²) in [6, 6.07) is 0. The van der Waals surface area contributed by atoms with E-state index in [1.807, 2.05) is 0 Å². The highest BCUT2D eigenvalue weighted by Gasteiger charge is 2.28. The minimum Gasteiger partial charge on any atom is -0.463 e. The molecule has 15 heavy (non-hydrogen) atoms. The van der Waals surface area contributed by atoms with Gasteiger partial charge in [-0.3, -0.25) is 0 Å². The highest BCUT2D eigenvalue weighted by atomic mass is 35.7. The average Bonchev–Trinajstić information content (AvgIpc) is 2.17. The van der Waals surface area contributed by atoms with Crippen LogP contribution in [0.15, 0.2) is 10.5 Å². The maximum Gasteiger partial charge on any atom is 0.335 e. The number of carbonyl (C=O) groups is 1. The zero-order valence-corrected chi connectivity index (χ0v) is 9.73. The second kappa shape index (κ2) is 4.96. The Bertz CT molecular complexity index is 384. The number of ether oxygens (including phenoxy) is 2. The molecule has 0 fully saturated rings. The van der Waals surface area contributed by atoms with Crippen LogP contribution in [0, 0.1) is 0 Å². The number of hydrogen-bond acceptors (Lipinski definition) is 5. The van der Waals surface area contributed by atoms with Crippen LogP contribution < -0.4 is 0 Å². The minimum atomic E-state index is -3.91. The van der Waals surface area contributed by atoms with E-state index in [2.05, 4.69) is 0 Å². The highest BCUT2D eigenvalue weighted by molar-refractivity contribution is 8.16. The van der Waals surface area contributed by atoms with Crippen LogP contribution >= 0.6 is 10.7 Å². The van der Waals surface area contributed by atoms with Crippen LogP contribution in [0.3, 0.4) is 0 Å². The third-order valence-corrected chi connectivity index (χ3v) is 3.39. The predicted octanol–water partition coefficient (Wildman–Crippen LogP) is 0.792. The molecule has 1 heterocycles. The molecular weight excluding hydrogens is 244 g/mol. The van der Waals surface area contributed by atoms with Gasteiger partial charge in [0.15, 0.2) is 0 Å². The van der Waals surface area contributed by atoms with Gasteiger partial charge in [0.1, 0.15) is 0 Å². The fourth-order valence-corrected chi connectivity index (χ4v) is 2.33. The number of carbonyl (C=O) groups excluding carboxylic acids is 1. The van der Waals surface area contributed by atoms with E-state index in [1.165, 1.54) is 0 Å². The summed E-state index contributed by atoms with van der Waals surface area (Å²) in [7, 11) is 1.27. The molecule has 0 unspecified atom stereocenters. The van der Waals surface area contributed by atoms with Crippen molar-refractivity contribution in [2.24, 2.45) is 0 Å². The van der Waals surface area contributed by atoms with Crippen LogP contribution in [-0.4, -0.2) is 34.2 Å². The second-order valence-electron chi connectivity index (χ2n) is 2.86. The molecule has 1 aliphatic rings. The monoisotopic (exact) mass is 254 g/mol. The van der Waals surface area contributed by atoms with Gasteiger partial charge in [0, 0.05) is 17.1 Å². The van der Waals surface area contributed by atoms with Crippen LogP contribution in [0.25, 0.3) is 0 Å². The van der Waals surface area contributed by atoms with Gasteiger partial charge in [-0.05, 0) is 6.92 Å². The molecule has 1 rings (SSSR count). The summed E-state index contributed by atoms with van der Waals surface area (Å²) in [5.41, 5.74) is 0.0955. The van der Waals surface area contributed by atoms with E-state index in [1.54, 1.807) is 6.92 Å². The lowest BCUT2D eigenvalue weighted by molar-refractivity contribution is -0.139. The van der Waals surface area contributed by atoms with Crippen LogP contribution in [-0.2, 0) is 23.3 Å². The molecule has 0 amide bonds. The van der Waals surface area contributed by atoms with E-state index in [0.29, 0.717) is 6.61 Å². The van der Waals surface area contributed by atoms with Gasteiger partial charge < -0.3 is 9.47 Å². The Hall–Kier alpha value is -0.590. The quantitative estimate of drug-likeness (QED) is 0.550. The first-order valence-corrected chi connectivity index (χ1v) is 6.69. The first-order chi connectivity index (χ1) is 6.96.